The van der Waals surface area contributed by atoms with Crippen LogP contribution in [0, 0.1) is 15.9 Å². The largest absolute Gasteiger partial charge is 0.478 e. The van der Waals surface area contributed by atoms with Gasteiger partial charge in [0, 0.05) is 35.2 Å². The van der Waals surface area contributed by atoms with Crippen LogP contribution in [0.25, 0.3) is 11.4 Å². The van der Waals surface area contributed by atoms with E-state index >= 15 is 0 Å². The fraction of sp³-hybridized carbons (Fsp3) is 0.190. The summed E-state index contributed by atoms with van der Waals surface area (Å²) < 4.78 is 49.0. The summed E-state index contributed by atoms with van der Waals surface area (Å²) in [7, 11) is 0. The predicted octanol–water partition coefficient (Wildman–Crippen LogP) is 6.30. The number of aromatic nitrogens is 5. The Morgan fingerprint density at radius 1 is 1.20 bits per heavy atom. The first-order chi connectivity index (χ1) is 16.7. The van der Waals surface area contributed by atoms with Gasteiger partial charge in [0.1, 0.15) is 22.3 Å². The van der Waals surface area contributed by atoms with Gasteiger partial charge in [0.15, 0.2) is 6.20 Å². The average Bonchev–Trinajstić information content (AvgIpc) is 3.40. The summed E-state index contributed by atoms with van der Waals surface area (Å²) in [6.45, 7) is -1.05. The molecule has 0 radical (unpaired) electrons. The van der Waals surface area contributed by atoms with Gasteiger partial charge in [-0.3, -0.25) is 0 Å². The standard InChI is InChI=1S/C21H15Br2F3N6O3/c1-11(35-17-6-13(22)9-28-20(17)32(33)34)16-7-14(24)2-3-15(16)19-27-4-5-30(19)10-12-8-29-31(18(12)23)21(25)26/h2-9,11,21H,10H2,1H3. The first-order valence-corrected chi connectivity index (χ1v) is 11.5. The van der Waals surface area contributed by atoms with Crippen molar-refractivity contribution < 1.29 is 22.8 Å². The van der Waals surface area contributed by atoms with Gasteiger partial charge in [-0.05, 0) is 66.9 Å². The monoisotopic (exact) mass is 614 g/mol. The summed E-state index contributed by atoms with van der Waals surface area (Å²) in [4.78, 5) is 18.8. The smallest absolute Gasteiger partial charge is 0.406 e. The minimum absolute atomic E-state index is 0.0984. The molecule has 0 N–H and O–H groups in total. The summed E-state index contributed by atoms with van der Waals surface area (Å²) in [5.74, 6) is -0.715. The number of hydrogen-bond donors (Lipinski definition) is 0. The van der Waals surface area contributed by atoms with Crippen molar-refractivity contribution >= 4 is 37.7 Å². The zero-order chi connectivity index (χ0) is 25.3. The van der Waals surface area contributed by atoms with Crippen molar-refractivity contribution in [1.82, 2.24) is 24.3 Å². The fourth-order valence-corrected chi connectivity index (χ4v) is 4.24. The number of alkyl halides is 2. The van der Waals surface area contributed by atoms with Crippen LogP contribution in [0.1, 0.15) is 30.7 Å². The van der Waals surface area contributed by atoms with E-state index in [2.05, 4.69) is 46.9 Å². The van der Waals surface area contributed by atoms with E-state index in [-0.39, 0.29) is 16.9 Å². The van der Waals surface area contributed by atoms with Gasteiger partial charge >= 0.3 is 12.4 Å². The maximum atomic E-state index is 14.2. The number of imidazole rings is 1. The van der Waals surface area contributed by atoms with Crippen LogP contribution in [0.4, 0.5) is 19.0 Å². The number of nitro groups is 1. The van der Waals surface area contributed by atoms with Crippen LogP contribution in [-0.4, -0.2) is 29.2 Å². The Hall–Kier alpha value is -3.26. The molecule has 0 aliphatic carbocycles. The van der Waals surface area contributed by atoms with Gasteiger partial charge in [0.2, 0.25) is 5.75 Å². The third-order valence-electron chi connectivity index (χ3n) is 5.01. The van der Waals surface area contributed by atoms with Crippen LogP contribution in [0.5, 0.6) is 5.75 Å². The molecule has 1 aromatic carbocycles. The number of benzene rings is 1. The average molecular weight is 616 g/mol. The van der Waals surface area contributed by atoms with Gasteiger partial charge in [-0.2, -0.15) is 18.6 Å². The van der Waals surface area contributed by atoms with E-state index in [1.165, 1.54) is 42.9 Å². The van der Waals surface area contributed by atoms with E-state index < -0.39 is 29.2 Å². The van der Waals surface area contributed by atoms with Gasteiger partial charge < -0.3 is 19.4 Å². The molecule has 4 aromatic rings. The maximum absolute atomic E-state index is 14.2. The minimum Gasteiger partial charge on any atom is -0.478 e. The third kappa shape index (κ3) is 5.22. The van der Waals surface area contributed by atoms with E-state index in [1.54, 1.807) is 17.7 Å². The highest BCUT2D eigenvalue weighted by atomic mass is 79.9. The molecule has 0 aliphatic heterocycles. The van der Waals surface area contributed by atoms with E-state index in [0.717, 1.165) is 0 Å². The first-order valence-electron chi connectivity index (χ1n) is 9.93. The second kappa shape index (κ2) is 10.2. The number of hydrogen-bond acceptors (Lipinski definition) is 6. The molecule has 0 aliphatic rings. The quantitative estimate of drug-likeness (QED) is 0.170. The highest BCUT2D eigenvalue weighted by Crippen LogP contribution is 2.35. The molecule has 1 unspecified atom stereocenters. The maximum Gasteiger partial charge on any atom is 0.406 e. The summed E-state index contributed by atoms with van der Waals surface area (Å²) in [6, 6.07) is 5.41. The molecule has 4 rings (SSSR count). The molecule has 0 bridgehead atoms. The Labute approximate surface area is 213 Å². The number of halogens is 5. The van der Waals surface area contributed by atoms with Crippen molar-refractivity contribution in [3.05, 3.63) is 85.2 Å². The minimum atomic E-state index is -2.81. The molecule has 0 spiro atoms. The Morgan fingerprint density at radius 3 is 2.66 bits per heavy atom. The number of pyridine rings is 1. The SMILES string of the molecule is CC(Oc1cc(Br)cnc1[N+](=O)[O-])c1cc(F)ccc1-c1nccn1Cc1cnn(C(F)F)c1Br. The molecule has 0 amide bonds. The number of nitrogens with zero attached hydrogens (tertiary/aromatic N) is 6. The van der Waals surface area contributed by atoms with Crippen LogP contribution in [0.3, 0.4) is 0 Å². The molecule has 182 valence electrons. The Kier molecular flexibility index (Phi) is 7.21. The highest BCUT2D eigenvalue weighted by Gasteiger charge is 2.24. The van der Waals surface area contributed by atoms with Crippen molar-refractivity contribution in [2.75, 3.05) is 0 Å². The molecule has 3 aromatic heterocycles. The lowest BCUT2D eigenvalue weighted by Crippen LogP contribution is -2.10. The summed E-state index contributed by atoms with van der Waals surface area (Å²) in [5, 5.41) is 15.0. The zero-order valence-electron chi connectivity index (χ0n) is 17.8. The Bertz CT molecular complexity index is 1390. The first kappa shape index (κ1) is 24.9. The normalized spacial score (nSPS) is 12.2. The van der Waals surface area contributed by atoms with E-state index in [1.807, 2.05) is 0 Å². The molecule has 35 heavy (non-hydrogen) atoms. The van der Waals surface area contributed by atoms with E-state index in [4.69, 9.17) is 4.74 Å². The van der Waals surface area contributed by atoms with E-state index in [0.29, 0.717) is 31.7 Å². The van der Waals surface area contributed by atoms with Gasteiger partial charge in [-0.15, -0.1) is 0 Å². The fourth-order valence-electron chi connectivity index (χ4n) is 3.45. The topological polar surface area (TPSA) is 101 Å². The molecule has 1 atom stereocenters. The molecule has 9 nitrogen and oxygen atoms in total. The molecular formula is C21H15Br2F3N6O3. The van der Waals surface area contributed by atoms with Crippen molar-refractivity contribution in [2.45, 2.75) is 26.1 Å². The molecule has 14 heteroatoms. The zero-order valence-corrected chi connectivity index (χ0v) is 21.0. The van der Waals surface area contributed by atoms with E-state index in [9.17, 15) is 23.3 Å². The lowest BCUT2D eigenvalue weighted by Gasteiger charge is -2.19. The lowest BCUT2D eigenvalue weighted by atomic mass is 10.0. The van der Waals surface area contributed by atoms with Crippen molar-refractivity contribution in [3.8, 4) is 17.1 Å². The van der Waals surface area contributed by atoms with Gasteiger partial charge in [-0.1, -0.05) is 0 Å². The number of ether oxygens (including phenoxy) is 1. The Balaban J connectivity index is 1.70. The molecule has 0 saturated carbocycles. The molecule has 3 heterocycles. The molecular weight excluding hydrogens is 601 g/mol. The van der Waals surface area contributed by atoms with Crippen LogP contribution >= 0.6 is 31.9 Å². The predicted molar refractivity (Wildman–Crippen MR) is 126 cm³/mol. The van der Waals surface area contributed by atoms with Crippen molar-refractivity contribution in [3.63, 3.8) is 0 Å². The van der Waals surface area contributed by atoms with Gasteiger partial charge in [0.25, 0.3) is 0 Å². The van der Waals surface area contributed by atoms with Crippen LogP contribution in [0.2, 0.25) is 0 Å². The lowest BCUT2D eigenvalue weighted by molar-refractivity contribution is -0.390. The molecule has 0 saturated heterocycles. The summed E-state index contributed by atoms with van der Waals surface area (Å²) in [6.07, 6.45) is 4.91. The van der Waals surface area contributed by atoms with Crippen LogP contribution < -0.4 is 4.74 Å². The number of rotatable bonds is 8. The summed E-state index contributed by atoms with van der Waals surface area (Å²) >= 11 is 6.35. The summed E-state index contributed by atoms with van der Waals surface area (Å²) in [5.41, 5.74) is 1.34. The Morgan fingerprint density at radius 2 is 1.97 bits per heavy atom. The second-order valence-electron chi connectivity index (χ2n) is 7.29. The second-order valence-corrected chi connectivity index (χ2v) is 8.95. The molecule has 0 fully saturated rings. The van der Waals surface area contributed by atoms with Gasteiger partial charge in [0.05, 0.1) is 17.2 Å². The van der Waals surface area contributed by atoms with Crippen molar-refractivity contribution in [2.24, 2.45) is 0 Å². The van der Waals surface area contributed by atoms with Crippen LogP contribution in [-0.2, 0) is 6.54 Å². The van der Waals surface area contributed by atoms with Crippen molar-refractivity contribution in [1.29, 1.82) is 0 Å². The third-order valence-corrected chi connectivity index (χ3v) is 6.32. The van der Waals surface area contributed by atoms with Crippen LogP contribution in [0.15, 0.2) is 58.1 Å². The highest BCUT2D eigenvalue weighted by molar-refractivity contribution is 9.10. The van der Waals surface area contributed by atoms with Gasteiger partial charge in [-0.25, -0.2) is 9.37 Å².